The SMILES string of the molecule is Fc1cc2c(cc1F)CC(Nc1cnc(-c3nnc(N4CCC(c5c[nH]nn5)C4)o3)cn1)C2. The Hall–Kier alpha value is -3.96. The number of hydrogen-bond acceptors (Lipinski definition) is 9. The van der Waals surface area contributed by atoms with Crippen molar-refractivity contribution in [1.29, 1.82) is 0 Å². The number of benzene rings is 1. The summed E-state index contributed by atoms with van der Waals surface area (Å²) >= 11 is 0. The summed E-state index contributed by atoms with van der Waals surface area (Å²) in [6, 6.07) is 2.96. The van der Waals surface area contributed by atoms with Crippen LogP contribution >= 0.6 is 0 Å². The molecule has 1 saturated heterocycles. The number of anilines is 2. The number of rotatable bonds is 5. The molecule has 6 rings (SSSR count). The van der Waals surface area contributed by atoms with Crippen LogP contribution in [-0.4, -0.2) is 54.7 Å². The van der Waals surface area contributed by atoms with Crippen molar-refractivity contribution in [2.24, 2.45) is 0 Å². The van der Waals surface area contributed by atoms with Gasteiger partial charge in [-0.15, -0.1) is 10.2 Å². The molecule has 1 unspecified atom stereocenters. The Morgan fingerprint density at radius 2 is 1.85 bits per heavy atom. The van der Waals surface area contributed by atoms with Crippen LogP contribution in [0.4, 0.5) is 20.6 Å². The van der Waals surface area contributed by atoms with Crippen LogP contribution < -0.4 is 10.2 Å². The summed E-state index contributed by atoms with van der Waals surface area (Å²) in [5, 5.41) is 22.1. The van der Waals surface area contributed by atoms with Gasteiger partial charge in [-0.05, 0) is 42.5 Å². The summed E-state index contributed by atoms with van der Waals surface area (Å²) < 4.78 is 32.8. The van der Waals surface area contributed by atoms with E-state index >= 15 is 0 Å². The zero-order valence-electron chi connectivity index (χ0n) is 17.4. The van der Waals surface area contributed by atoms with E-state index < -0.39 is 11.6 Å². The van der Waals surface area contributed by atoms with Crippen molar-refractivity contribution >= 4 is 11.8 Å². The predicted molar refractivity (Wildman–Crippen MR) is 112 cm³/mol. The van der Waals surface area contributed by atoms with Crippen molar-refractivity contribution in [2.75, 3.05) is 23.3 Å². The molecular formula is C21H19F2N9O. The third-order valence-electron chi connectivity index (χ3n) is 6.13. The molecule has 168 valence electrons. The van der Waals surface area contributed by atoms with Gasteiger partial charge in [-0.1, -0.05) is 10.3 Å². The minimum atomic E-state index is -0.819. The number of hydrogen-bond donors (Lipinski definition) is 2. The van der Waals surface area contributed by atoms with Crippen LogP contribution in [0.15, 0.2) is 35.1 Å². The average Bonchev–Trinajstić information content (AvgIpc) is 3.60. The maximum atomic E-state index is 13.5. The highest BCUT2D eigenvalue weighted by Gasteiger charge is 2.29. The molecule has 0 spiro atoms. The van der Waals surface area contributed by atoms with E-state index in [1.54, 1.807) is 18.6 Å². The fourth-order valence-electron chi connectivity index (χ4n) is 4.47. The molecule has 1 fully saturated rings. The molecule has 0 bridgehead atoms. The van der Waals surface area contributed by atoms with Gasteiger partial charge in [0.05, 0.1) is 18.1 Å². The molecule has 1 aliphatic carbocycles. The van der Waals surface area contributed by atoms with Crippen molar-refractivity contribution in [3.05, 3.63) is 59.2 Å². The van der Waals surface area contributed by atoms with Crippen LogP contribution in [0.25, 0.3) is 11.6 Å². The van der Waals surface area contributed by atoms with Gasteiger partial charge in [0.1, 0.15) is 11.5 Å². The quantitative estimate of drug-likeness (QED) is 0.471. The Labute approximate surface area is 186 Å². The number of aromatic amines is 1. The number of H-pyrrole nitrogens is 1. The molecule has 10 nitrogen and oxygen atoms in total. The first-order valence-corrected chi connectivity index (χ1v) is 10.6. The minimum absolute atomic E-state index is 0.0100. The highest BCUT2D eigenvalue weighted by Crippen LogP contribution is 2.30. The summed E-state index contributed by atoms with van der Waals surface area (Å²) in [6.07, 6.45) is 7.06. The van der Waals surface area contributed by atoms with Crippen LogP contribution in [0.2, 0.25) is 0 Å². The van der Waals surface area contributed by atoms with E-state index in [0.717, 1.165) is 36.3 Å². The Morgan fingerprint density at radius 1 is 1.03 bits per heavy atom. The normalized spacial score (nSPS) is 18.1. The van der Waals surface area contributed by atoms with Crippen molar-refractivity contribution in [3.63, 3.8) is 0 Å². The third kappa shape index (κ3) is 3.77. The number of nitrogens with zero attached hydrogens (tertiary/aromatic N) is 7. The monoisotopic (exact) mass is 451 g/mol. The lowest BCUT2D eigenvalue weighted by Gasteiger charge is -2.12. The minimum Gasteiger partial charge on any atom is -0.401 e. The van der Waals surface area contributed by atoms with Gasteiger partial charge >= 0.3 is 6.01 Å². The number of aromatic nitrogens is 7. The molecule has 0 radical (unpaired) electrons. The molecule has 12 heteroatoms. The summed E-state index contributed by atoms with van der Waals surface area (Å²) in [5.74, 6) is -0.528. The van der Waals surface area contributed by atoms with E-state index in [4.69, 9.17) is 4.42 Å². The van der Waals surface area contributed by atoms with Crippen LogP contribution in [0.1, 0.15) is 29.2 Å². The van der Waals surface area contributed by atoms with Gasteiger partial charge in [0.15, 0.2) is 11.6 Å². The van der Waals surface area contributed by atoms with Crippen LogP contribution in [0, 0.1) is 11.6 Å². The highest BCUT2D eigenvalue weighted by atomic mass is 19.2. The molecule has 0 saturated carbocycles. The zero-order valence-corrected chi connectivity index (χ0v) is 17.4. The lowest BCUT2D eigenvalue weighted by atomic mass is 10.1. The standard InChI is InChI=1S/C21H19F2N9O/c22-15-5-12-3-14(4-13(12)6-16(15)23)27-19-9-24-18(7-25-19)20-29-30-21(33-20)32-2-1-11(10-32)17-8-26-31-28-17/h5-9,11,14H,1-4,10H2,(H,25,27)(H,26,28,31). The highest BCUT2D eigenvalue weighted by molar-refractivity contribution is 5.49. The summed E-state index contributed by atoms with van der Waals surface area (Å²) in [6.45, 7) is 1.51. The van der Waals surface area contributed by atoms with Gasteiger partial charge < -0.3 is 14.6 Å². The Balaban J connectivity index is 1.10. The van der Waals surface area contributed by atoms with Gasteiger partial charge in [-0.3, -0.25) is 5.10 Å². The van der Waals surface area contributed by atoms with E-state index in [1.165, 1.54) is 12.1 Å². The van der Waals surface area contributed by atoms with Crippen molar-refractivity contribution < 1.29 is 13.2 Å². The molecule has 3 aromatic heterocycles. The fourth-order valence-corrected chi connectivity index (χ4v) is 4.47. The second kappa shape index (κ2) is 7.87. The molecule has 1 aromatic carbocycles. The van der Waals surface area contributed by atoms with Gasteiger partial charge in [-0.2, -0.15) is 0 Å². The molecule has 2 N–H and O–H groups in total. The first-order chi connectivity index (χ1) is 16.1. The average molecular weight is 451 g/mol. The van der Waals surface area contributed by atoms with Gasteiger partial charge in [0.25, 0.3) is 5.89 Å². The first-order valence-electron chi connectivity index (χ1n) is 10.6. The molecule has 1 aliphatic heterocycles. The second-order valence-electron chi connectivity index (χ2n) is 8.29. The van der Waals surface area contributed by atoms with Gasteiger partial charge in [0.2, 0.25) is 0 Å². The van der Waals surface area contributed by atoms with E-state index in [0.29, 0.717) is 30.4 Å². The van der Waals surface area contributed by atoms with E-state index in [1.807, 2.05) is 4.90 Å². The predicted octanol–water partition coefficient (Wildman–Crippen LogP) is 2.50. The van der Waals surface area contributed by atoms with Crippen LogP contribution in [0.3, 0.4) is 0 Å². The maximum Gasteiger partial charge on any atom is 0.318 e. The summed E-state index contributed by atoms with van der Waals surface area (Å²) in [4.78, 5) is 10.8. The van der Waals surface area contributed by atoms with Crippen LogP contribution in [0.5, 0.6) is 0 Å². The van der Waals surface area contributed by atoms with Gasteiger partial charge in [0, 0.05) is 31.2 Å². The molecule has 2 aliphatic rings. The van der Waals surface area contributed by atoms with Gasteiger partial charge in [-0.25, -0.2) is 18.7 Å². The van der Waals surface area contributed by atoms with Crippen molar-refractivity contribution in [2.45, 2.75) is 31.2 Å². The fraction of sp³-hybridized carbons (Fsp3) is 0.333. The first kappa shape index (κ1) is 19.7. The zero-order chi connectivity index (χ0) is 22.4. The Kier molecular flexibility index (Phi) is 4.70. The van der Waals surface area contributed by atoms with E-state index in [-0.39, 0.29) is 17.9 Å². The number of nitrogens with one attached hydrogen (secondary N) is 2. The van der Waals surface area contributed by atoms with Crippen LogP contribution in [-0.2, 0) is 12.8 Å². The summed E-state index contributed by atoms with van der Waals surface area (Å²) in [5.41, 5.74) is 3.00. The molecule has 0 amide bonds. The topological polar surface area (TPSA) is 122 Å². The smallest absolute Gasteiger partial charge is 0.318 e. The lowest BCUT2D eigenvalue weighted by molar-refractivity contribution is 0.507. The molecule has 4 heterocycles. The Bertz CT molecular complexity index is 1240. The maximum absolute atomic E-state index is 13.5. The molecular weight excluding hydrogens is 432 g/mol. The lowest BCUT2D eigenvalue weighted by Crippen LogP contribution is -2.20. The second-order valence-corrected chi connectivity index (χ2v) is 8.29. The molecule has 4 aromatic rings. The largest absolute Gasteiger partial charge is 0.401 e. The van der Waals surface area contributed by atoms with E-state index in [9.17, 15) is 8.78 Å². The Morgan fingerprint density at radius 3 is 2.55 bits per heavy atom. The summed E-state index contributed by atoms with van der Waals surface area (Å²) in [7, 11) is 0. The molecule has 1 atom stereocenters. The van der Waals surface area contributed by atoms with Crippen molar-refractivity contribution in [1.82, 2.24) is 35.6 Å². The van der Waals surface area contributed by atoms with Crippen molar-refractivity contribution in [3.8, 4) is 11.6 Å². The molecule has 33 heavy (non-hydrogen) atoms. The number of halogens is 2. The number of fused-ring (bicyclic) bond motifs is 1. The van der Waals surface area contributed by atoms with E-state index in [2.05, 4.69) is 40.9 Å². The third-order valence-corrected chi connectivity index (χ3v) is 6.13.